The molecule has 1 aromatic heterocycles. The molecule has 2 heterocycles. The average Bonchev–Trinajstić information content (AvgIpc) is 3.07. The van der Waals surface area contributed by atoms with E-state index in [1.807, 2.05) is 24.0 Å². The maximum Gasteiger partial charge on any atom is 0.147 e. The van der Waals surface area contributed by atoms with E-state index in [9.17, 15) is 4.39 Å². The minimum Gasteiger partial charge on any atom is -0.361 e. The maximum atomic E-state index is 14.1. The smallest absolute Gasteiger partial charge is 0.147 e. The van der Waals surface area contributed by atoms with Gasteiger partial charge in [0.2, 0.25) is 0 Å². The zero-order valence-corrected chi connectivity index (χ0v) is 11.1. The molecule has 0 amide bonds. The van der Waals surface area contributed by atoms with Crippen molar-refractivity contribution in [2.75, 3.05) is 11.4 Å². The van der Waals surface area contributed by atoms with Crippen LogP contribution in [0.1, 0.15) is 35.9 Å². The molecular formula is C15H14FN3O. The quantitative estimate of drug-likeness (QED) is 0.840. The summed E-state index contributed by atoms with van der Waals surface area (Å²) in [4.78, 5) is 1.99. The van der Waals surface area contributed by atoms with Crippen molar-refractivity contribution in [3.63, 3.8) is 0 Å². The molecule has 1 aliphatic heterocycles. The third kappa shape index (κ3) is 2.14. The highest BCUT2D eigenvalue weighted by Gasteiger charge is 2.30. The van der Waals surface area contributed by atoms with Gasteiger partial charge in [-0.3, -0.25) is 0 Å². The van der Waals surface area contributed by atoms with Crippen LogP contribution in [-0.4, -0.2) is 11.7 Å². The third-order valence-electron chi connectivity index (χ3n) is 3.63. The van der Waals surface area contributed by atoms with Crippen LogP contribution in [0.25, 0.3) is 0 Å². The lowest BCUT2D eigenvalue weighted by molar-refractivity contribution is 0.385. The van der Waals surface area contributed by atoms with Gasteiger partial charge in [0.15, 0.2) is 0 Å². The summed E-state index contributed by atoms with van der Waals surface area (Å²) >= 11 is 0. The molecule has 3 rings (SSSR count). The Balaban J connectivity index is 1.95. The maximum absolute atomic E-state index is 14.1. The molecule has 0 N–H and O–H groups in total. The highest BCUT2D eigenvalue weighted by Crippen LogP contribution is 2.37. The molecule has 0 unspecified atom stereocenters. The normalized spacial score (nSPS) is 18.2. The molecule has 102 valence electrons. The second-order valence-corrected chi connectivity index (χ2v) is 4.99. The van der Waals surface area contributed by atoms with Crippen LogP contribution in [0.4, 0.5) is 10.1 Å². The van der Waals surface area contributed by atoms with Crippen molar-refractivity contribution in [1.29, 1.82) is 5.26 Å². The molecule has 2 aromatic rings. The predicted octanol–water partition coefficient (Wildman–Crippen LogP) is 3.34. The summed E-state index contributed by atoms with van der Waals surface area (Å²) in [6, 6.07) is 8.46. The lowest BCUT2D eigenvalue weighted by atomic mass is 10.1. The molecule has 1 saturated heterocycles. The number of halogens is 1. The molecule has 0 radical (unpaired) electrons. The molecule has 1 aliphatic rings. The molecule has 0 aliphatic carbocycles. The first kappa shape index (κ1) is 12.7. The van der Waals surface area contributed by atoms with Gasteiger partial charge in [0.25, 0.3) is 0 Å². The van der Waals surface area contributed by atoms with Crippen LogP contribution in [0.3, 0.4) is 0 Å². The average molecular weight is 271 g/mol. The number of anilines is 1. The van der Waals surface area contributed by atoms with Gasteiger partial charge in [-0.25, -0.2) is 4.39 Å². The van der Waals surface area contributed by atoms with Crippen LogP contribution in [0.5, 0.6) is 0 Å². The monoisotopic (exact) mass is 271 g/mol. The summed E-state index contributed by atoms with van der Waals surface area (Å²) in [6.07, 6.45) is 1.90. The highest BCUT2D eigenvalue weighted by molar-refractivity contribution is 5.53. The van der Waals surface area contributed by atoms with E-state index in [0.29, 0.717) is 11.3 Å². The second kappa shape index (κ2) is 4.97. The molecule has 1 fully saturated rings. The number of nitrogens with zero attached hydrogens (tertiary/aromatic N) is 3. The van der Waals surface area contributed by atoms with Crippen LogP contribution >= 0.6 is 0 Å². The molecule has 4 nitrogen and oxygen atoms in total. The summed E-state index contributed by atoms with van der Waals surface area (Å²) in [6.45, 7) is 2.62. The Bertz CT molecular complexity index is 674. The fourth-order valence-electron chi connectivity index (χ4n) is 2.71. The zero-order chi connectivity index (χ0) is 14.1. The van der Waals surface area contributed by atoms with E-state index in [-0.39, 0.29) is 11.9 Å². The molecule has 20 heavy (non-hydrogen) atoms. The molecular weight excluding hydrogens is 257 g/mol. The minimum absolute atomic E-state index is 0.0369. The van der Waals surface area contributed by atoms with Crippen molar-refractivity contribution < 1.29 is 8.91 Å². The Hall–Kier alpha value is -2.35. The van der Waals surface area contributed by atoms with Crippen LogP contribution in [-0.2, 0) is 0 Å². The Morgan fingerprint density at radius 1 is 1.45 bits per heavy atom. The highest BCUT2D eigenvalue weighted by atomic mass is 19.1. The van der Waals surface area contributed by atoms with Crippen LogP contribution in [0, 0.1) is 24.1 Å². The van der Waals surface area contributed by atoms with Gasteiger partial charge in [0.1, 0.15) is 17.3 Å². The third-order valence-corrected chi connectivity index (χ3v) is 3.63. The van der Waals surface area contributed by atoms with Crippen molar-refractivity contribution >= 4 is 5.69 Å². The summed E-state index contributed by atoms with van der Waals surface area (Å²) in [5, 5.41) is 12.8. The molecule has 0 spiro atoms. The van der Waals surface area contributed by atoms with Crippen molar-refractivity contribution in [2.24, 2.45) is 0 Å². The van der Waals surface area contributed by atoms with E-state index in [0.717, 1.165) is 30.8 Å². The van der Waals surface area contributed by atoms with Crippen molar-refractivity contribution in [1.82, 2.24) is 5.16 Å². The molecule has 1 aromatic carbocycles. The molecule has 0 saturated carbocycles. The van der Waals surface area contributed by atoms with Crippen LogP contribution < -0.4 is 4.90 Å². The van der Waals surface area contributed by atoms with Crippen molar-refractivity contribution in [3.8, 4) is 6.07 Å². The summed E-state index contributed by atoms with van der Waals surface area (Å²) in [5.41, 5.74) is 1.69. The number of nitriles is 1. The number of rotatable bonds is 2. The lowest BCUT2D eigenvalue weighted by Gasteiger charge is -2.25. The Morgan fingerprint density at radius 2 is 2.30 bits per heavy atom. The molecule has 0 bridgehead atoms. The number of aryl methyl sites for hydroxylation is 1. The van der Waals surface area contributed by atoms with Crippen LogP contribution in [0.15, 0.2) is 28.8 Å². The number of hydrogen-bond acceptors (Lipinski definition) is 4. The van der Waals surface area contributed by atoms with E-state index in [2.05, 4.69) is 5.16 Å². The lowest BCUT2D eigenvalue weighted by Crippen LogP contribution is -2.23. The second-order valence-electron chi connectivity index (χ2n) is 4.99. The van der Waals surface area contributed by atoms with Crippen molar-refractivity contribution in [3.05, 3.63) is 47.1 Å². The number of hydrogen-bond donors (Lipinski definition) is 0. The number of benzene rings is 1. The Morgan fingerprint density at radius 3 is 2.95 bits per heavy atom. The summed E-state index contributed by atoms with van der Waals surface area (Å²) < 4.78 is 19.3. The first-order valence-electron chi connectivity index (χ1n) is 6.58. The van der Waals surface area contributed by atoms with Gasteiger partial charge in [-0.2, -0.15) is 5.26 Å². The van der Waals surface area contributed by atoms with Gasteiger partial charge in [0.05, 0.1) is 23.4 Å². The summed E-state index contributed by atoms with van der Waals surface area (Å²) in [7, 11) is 0. The van der Waals surface area contributed by atoms with Gasteiger partial charge >= 0.3 is 0 Å². The van der Waals surface area contributed by atoms with E-state index in [1.165, 1.54) is 6.07 Å². The molecule has 5 heteroatoms. The summed E-state index contributed by atoms with van der Waals surface area (Å²) in [5.74, 6) is 0.392. The SMILES string of the molecule is Cc1cc([C@H]2CCCN2c2ccc(C#N)cc2F)no1. The predicted molar refractivity (Wildman–Crippen MR) is 71.7 cm³/mol. The minimum atomic E-state index is -0.365. The van der Waals surface area contributed by atoms with E-state index < -0.39 is 0 Å². The first-order chi connectivity index (χ1) is 9.69. The first-order valence-corrected chi connectivity index (χ1v) is 6.58. The Labute approximate surface area is 116 Å². The zero-order valence-electron chi connectivity index (χ0n) is 11.1. The fraction of sp³-hybridized carbons (Fsp3) is 0.333. The van der Waals surface area contributed by atoms with Gasteiger partial charge in [-0.1, -0.05) is 5.16 Å². The number of aromatic nitrogens is 1. The Kier molecular flexibility index (Phi) is 3.15. The topological polar surface area (TPSA) is 53.1 Å². The van der Waals surface area contributed by atoms with Gasteiger partial charge in [-0.05, 0) is 38.0 Å². The van der Waals surface area contributed by atoms with E-state index in [4.69, 9.17) is 9.78 Å². The largest absolute Gasteiger partial charge is 0.361 e. The van der Waals surface area contributed by atoms with E-state index >= 15 is 0 Å². The molecule has 1 atom stereocenters. The van der Waals surface area contributed by atoms with Gasteiger partial charge in [0, 0.05) is 12.6 Å². The van der Waals surface area contributed by atoms with Gasteiger partial charge in [-0.15, -0.1) is 0 Å². The van der Waals surface area contributed by atoms with Gasteiger partial charge < -0.3 is 9.42 Å². The van der Waals surface area contributed by atoms with E-state index in [1.54, 1.807) is 12.1 Å². The van der Waals surface area contributed by atoms with Crippen molar-refractivity contribution in [2.45, 2.75) is 25.8 Å². The van der Waals surface area contributed by atoms with Crippen LogP contribution in [0.2, 0.25) is 0 Å². The fourth-order valence-corrected chi connectivity index (χ4v) is 2.71. The standard InChI is InChI=1S/C15H14FN3O/c1-10-7-13(18-20-10)15-3-2-6-19(15)14-5-4-11(9-17)8-12(14)16/h4-5,7-8,15H,2-3,6H2,1H3/t15-/m1/s1.